The van der Waals surface area contributed by atoms with E-state index in [1.807, 2.05) is 92.7 Å². The van der Waals surface area contributed by atoms with Crippen molar-refractivity contribution in [2.45, 2.75) is 52.4 Å². The maximum atomic E-state index is 12.9. The molecule has 5 heteroatoms. The first kappa shape index (κ1) is 32.2. The summed E-state index contributed by atoms with van der Waals surface area (Å²) >= 11 is 0. The van der Waals surface area contributed by atoms with Gasteiger partial charge in [-0.3, -0.25) is 4.79 Å². The molecule has 0 bridgehead atoms. The summed E-state index contributed by atoms with van der Waals surface area (Å²) in [6.07, 6.45) is -0.806. The van der Waals surface area contributed by atoms with E-state index in [1.165, 1.54) is 0 Å². The van der Waals surface area contributed by atoms with Crippen LogP contribution in [0.2, 0.25) is 0 Å². The van der Waals surface area contributed by atoms with Crippen molar-refractivity contribution in [3.63, 3.8) is 0 Å². The van der Waals surface area contributed by atoms with Crippen molar-refractivity contribution in [2.24, 2.45) is 0 Å². The summed E-state index contributed by atoms with van der Waals surface area (Å²) in [5, 5.41) is 0. The molecule has 46 heavy (non-hydrogen) atoms. The Morgan fingerprint density at radius 2 is 1.04 bits per heavy atom. The van der Waals surface area contributed by atoms with Crippen LogP contribution in [0, 0.1) is 13.8 Å². The van der Waals surface area contributed by atoms with Crippen LogP contribution in [-0.4, -0.2) is 19.0 Å². The summed E-state index contributed by atoms with van der Waals surface area (Å²) in [6.45, 7) is 12.0. The Hall–Kier alpha value is -5.16. The van der Waals surface area contributed by atoms with Gasteiger partial charge in [-0.25, -0.2) is 4.79 Å². The number of Topliss-reactive ketones (excluding diaryl/α,β-unsaturated/α-hetero) is 1. The molecule has 0 amide bonds. The molecule has 0 radical (unpaired) electrons. The second-order valence-corrected chi connectivity index (χ2v) is 12.4. The number of ether oxygens (including phenoxy) is 3. The number of aryl methyl sites for hydroxylation is 2. The summed E-state index contributed by atoms with van der Waals surface area (Å²) in [4.78, 5) is 24.8. The third-order valence-corrected chi connectivity index (χ3v) is 9.06. The molecular weight excluding hydrogens is 572 g/mol. The van der Waals surface area contributed by atoms with Crippen LogP contribution < -0.4 is 14.2 Å². The van der Waals surface area contributed by atoms with E-state index in [2.05, 4.69) is 45.0 Å². The fraction of sp³-hybridized carbons (Fsp3) is 0.220. The Bertz CT molecular complexity index is 1850. The van der Waals surface area contributed by atoms with Gasteiger partial charge in [-0.15, -0.1) is 0 Å². The minimum atomic E-state index is -0.806. The van der Waals surface area contributed by atoms with Crippen LogP contribution in [0.5, 0.6) is 17.2 Å². The number of benzene rings is 5. The van der Waals surface area contributed by atoms with Gasteiger partial charge in [-0.2, -0.15) is 0 Å². The zero-order valence-electron chi connectivity index (χ0n) is 27.5. The molecule has 5 aromatic rings. The normalized spacial score (nSPS) is 12.6. The second kappa shape index (κ2) is 13.1. The zero-order valence-corrected chi connectivity index (χ0v) is 27.5. The maximum Gasteiger partial charge on any atom is 0.519 e. The number of rotatable bonds is 9. The first-order chi connectivity index (χ1) is 21.9. The van der Waals surface area contributed by atoms with Crippen LogP contribution >= 0.6 is 0 Å². The minimum absolute atomic E-state index is 0.0277. The zero-order chi connectivity index (χ0) is 33.1. The SMILES string of the molecule is COc1ccc(C(C)(C)c2ccc(OC(=O)Oc3ccc(C(C)(c4ccccc4)c4ccc(C(C)=O)cc4)cc3)c(C)c2)cc1C. The Morgan fingerprint density at radius 3 is 1.54 bits per heavy atom. The molecule has 0 aliphatic rings. The van der Waals surface area contributed by atoms with E-state index in [-0.39, 0.29) is 11.2 Å². The van der Waals surface area contributed by atoms with E-state index in [0.717, 1.165) is 44.7 Å². The monoisotopic (exact) mass is 612 g/mol. The van der Waals surface area contributed by atoms with Gasteiger partial charge in [0.25, 0.3) is 0 Å². The van der Waals surface area contributed by atoms with Gasteiger partial charge in [0, 0.05) is 16.4 Å². The smallest absolute Gasteiger partial charge is 0.496 e. The first-order valence-corrected chi connectivity index (χ1v) is 15.4. The van der Waals surface area contributed by atoms with Gasteiger partial charge in [0.2, 0.25) is 0 Å². The highest BCUT2D eigenvalue weighted by Crippen LogP contribution is 2.40. The van der Waals surface area contributed by atoms with Crippen LogP contribution in [0.25, 0.3) is 0 Å². The van der Waals surface area contributed by atoms with Crippen molar-refractivity contribution in [1.29, 1.82) is 0 Å². The third kappa shape index (κ3) is 6.45. The number of carbonyl (C=O) groups excluding carboxylic acids is 2. The maximum absolute atomic E-state index is 12.9. The average molecular weight is 613 g/mol. The molecule has 5 aromatic carbocycles. The lowest BCUT2D eigenvalue weighted by Crippen LogP contribution is -2.25. The molecular formula is C41H40O5. The standard InChI is InChI=1S/C41H40O5/c1-27-25-34(19-23-37(27)44-7)40(4,5)35-20-24-38(28(2)26-35)46-39(43)45-36-21-17-33(18-22-36)41(6,31-11-9-8-10-12-31)32-15-13-30(14-16-32)29(3)42/h8-26H,1-7H3. The molecule has 0 spiro atoms. The Morgan fingerprint density at radius 1 is 0.565 bits per heavy atom. The van der Waals surface area contributed by atoms with Gasteiger partial charge in [-0.1, -0.05) is 105 Å². The summed E-state index contributed by atoms with van der Waals surface area (Å²) in [5.74, 6) is 1.71. The van der Waals surface area contributed by atoms with Crippen molar-refractivity contribution in [1.82, 2.24) is 0 Å². The van der Waals surface area contributed by atoms with Gasteiger partial charge >= 0.3 is 6.16 Å². The van der Waals surface area contributed by atoms with Gasteiger partial charge < -0.3 is 14.2 Å². The van der Waals surface area contributed by atoms with Crippen LogP contribution in [-0.2, 0) is 10.8 Å². The minimum Gasteiger partial charge on any atom is -0.496 e. The van der Waals surface area contributed by atoms with E-state index in [4.69, 9.17) is 14.2 Å². The Kier molecular flexibility index (Phi) is 9.15. The van der Waals surface area contributed by atoms with Crippen LogP contribution in [0.15, 0.2) is 115 Å². The van der Waals surface area contributed by atoms with E-state index >= 15 is 0 Å². The number of carbonyl (C=O) groups is 2. The van der Waals surface area contributed by atoms with Crippen LogP contribution in [0.1, 0.15) is 77.0 Å². The summed E-state index contributed by atoms with van der Waals surface area (Å²) in [7, 11) is 1.68. The number of ketones is 1. The quantitative estimate of drug-likeness (QED) is 0.0718. The van der Waals surface area contributed by atoms with Crippen molar-refractivity contribution < 1.29 is 23.8 Å². The lowest BCUT2D eigenvalue weighted by molar-refractivity contribution is 0.101. The van der Waals surface area contributed by atoms with Crippen molar-refractivity contribution in [3.8, 4) is 17.2 Å². The molecule has 0 fully saturated rings. The molecule has 0 saturated carbocycles. The van der Waals surface area contributed by atoms with Crippen LogP contribution in [0.4, 0.5) is 4.79 Å². The van der Waals surface area contributed by atoms with Gasteiger partial charge in [0.05, 0.1) is 7.11 Å². The topological polar surface area (TPSA) is 61.8 Å². The number of hydrogen-bond donors (Lipinski definition) is 0. The predicted octanol–water partition coefficient (Wildman–Crippen LogP) is 9.77. The van der Waals surface area contributed by atoms with Crippen molar-refractivity contribution in [2.75, 3.05) is 7.11 Å². The Balaban J connectivity index is 1.32. The summed E-state index contributed by atoms with van der Waals surface area (Å²) in [5.41, 5.74) is 7.22. The molecule has 1 unspecified atom stereocenters. The van der Waals surface area contributed by atoms with E-state index in [1.54, 1.807) is 26.2 Å². The van der Waals surface area contributed by atoms with Gasteiger partial charge in [0.1, 0.15) is 17.2 Å². The van der Waals surface area contributed by atoms with E-state index in [0.29, 0.717) is 17.1 Å². The summed E-state index contributed by atoms with van der Waals surface area (Å²) in [6, 6.07) is 37.5. The molecule has 0 N–H and O–H groups in total. The molecule has 0 saturated heterocycles. The van der Waals surface area contributed by atoms with Crippen molar-refractivity contribution >= 4 is 11.9 Å². The first-order valence-electron chi connectivity index (χ1n) is 15.4. The number of hydrogen-bond acceptors (Lipinski definition) is 5. The lowest BCUT2D eigenvalue weighted by atomic mass is 9.71. The molecule has 234 valence electrons. The van der Waals surface area contributed by atoms with Gasteiger partial charge in [-0.05, 0) is 90.9 Å². The average Bonchev–Trinajstić information content (AvgIpc) is 3.06. The molecule has 0 aromatic heterocycles. The van der Waals surface area contributed by atoms with Gasteiger partial charge in [0.15, 0.2) is 5.78 Å². The highest BCUT2D eigenvalue weighted by Gasteiger charge is 2.31. The molecule has 0 heterocycles. The van der Waals surface area contributed by atoms with E-state index in [9.17, 15) is 9.59 Å². The third-order valence-electron chi connectivity index (χ3n) is 9.06. The van der Waals surface area contributed by atoms with Crippen molar-refractivity contribution in [3.05, 3.63) is 160 Å². The van der Waals surface area contributed by atoms with Crippen LogP contribution in [0.3, 0.4) is 0 Å². The molecule has 0 aliphatic heterocycles. The number of methoxy groups -OCH3 is 1. The largest absolute Gasteiger partial charge is 0.519 e. The lowest BCUT2D eigenvalue weighted by Gasteiger charge is -2.32. The fourth-order valence-electron chi connectivity index (χ4n) is 5.96. The molecule has 0 aliphatic carbocycles. The molecule has 1 atom stereocenters. The predicted molar refractivity (Wildman–Crippen MR) is 183 cm³/mol. The molecule has 5 rings (SSSR count). The summed E-state index contributed by atoms with van der Waals surface area (Å²) < 4.78 is 16.6. The van der Waals surface area contributed by atoms with E-state index < -0.39 is 11.6 Å². The molecule has 5 nitrogen and oxygen atoms in total. The fourth-order valence-corrected chi connectivity index (χ4v) is 5.96. The highest BCUT2D eigenvalue weighted by atomic mass is 16.7. The Labute approximate surface area is 271 Å². The second-order valence-electron chi connectivity index (χ2n) is 12.4. The highest BCUT2D eigenvalue weighted by molar-refractivity contribution is 5.94.